The van der Waals surface area contributed by atoms with Gasteiger partial charge in [-0.2, -0.15) is 0 Å². The number of esters is 4. The maximum Gasteiger partial charge on any atom is 0.407 e. The molecule has 442 valence electrons. The molecule has 1 aliphatic heterocycles. The number of alkyl carbamates (subject to hydrolysis) is 1. The van der Waals surface area contributed by atoms with Gasteiger partial charge in [0.1, 0.15) is 35.6 Å². The second-order valence-corrected chi connectivity index (χ2v) is 21.6. The van der Waals surface area contributed by atoms with Crippen molar-refractivity contribution in [2.24, 2.45) is 0 Å². The standard InChI is InChI=1S/C70H55NO17/c1-39-62(86-66(76)41-22-9-4-10-23-41)51(71-69(79)83-37-50-46-30-17-15-28-44(46)45-29-16-18-31-47(45)50)34-55(84-39)85-53-36-70(80,54(72)38-82-65(75)40-20-7-3-8-21-40)35-49-57(53)64(88-68(78)43-26-13-6-14-27-43)59-58(63(49)87-67(77)42-24-11-5-12-25-42)60(73)48-32-19-33-52(81-2)56(48)61(59)74/h3-33,39,50-51,53,55,62,80H,34-38H2,1-2H3,(H,71,79)/t39-,51-,53+,55?,62+,70?/m0/s1. The van der Waals surface area contributed by atoms with Crippen LogP contribution in [0.1, 0.15) is 127 Å². The molecule has 8 aromatic carbocycles. The highest BCUT2D eigenvalue weighted by Crippen LogP contribution is 2.54. The molecule has 2 N–H and O–H groups in total. The maximum atomic E-state index is 15.6. The predicted molar refractivity (Wildman–Crippen MR) is 315 cm³/mol. The number of ether oxygens (including phenoxy) is 8. The summed E-state index contributed by atoms with van der Waals surface area (Å²) in [4.78, 5) is 117. The summed E-state index contributed by atoms with van der Waals surface area (Å²) in [5, 5.41) is 16.0. The Morgan fingerprint density at radius 1 is 0.580 bits per heavy atom. The monoisotopic (exact) mass is 1180 g/mol. The first-order valence-electron chi connectivity index (χ1n) is 28.4. The third-order valence-corrected chi connectivity index (χ3v) is 16.2. The van der Waals surface area contributed by atoms with E-state index in [-0.39, 0.29) is 69.2 Å². The molecule has 0 radical (unpaired) electrons. The molecule has 4 aliphatic rings. The van der Waals surface area contributed by atoms with E-state index >= 15 is 9.59 Å². The molecule has 0 aromatic heterocycles. The van der Waals surface area contributed by atoms with E-state index in [1.807, 2.05) is 48.5 Å². The SMILES string of the molecule is COc1cccc2c1C(=O)c1c(OC(=O)c3ccccc3)c3c(c(OC(=O)c4ccccc4)c1C2=O)CC(O)(C(=O)COC(=O)c1ccccc1)C[C@H]3OC1C[C@H](NC(=O)OCC2c3ccccc3-c3ccccc32)[C@H](OC(=O)c2ccccc2)[C@H](C)O1. The molecule has 88 heavy (non-hydrogen) atoms. The zero-order valence-corrected chi connectivity index (χ0v) is 47.4. The topological polar surface area (TPSA) is 243 Å². The largest absolute Gasteiger partial charge is 0.496 e. The molecule has 6 atom stereocenters. The quantitative estimate of drug-likeness (QED) is 0.0519. The van der Waals surface area contributed by atoms with Crippen molar-refractivity contribution >= 4 is 47.3 Å². The minimum Gasteiger partial charge on any atom is -0.496 e. The number of Topliss-reactive ketones (excluding diaryl/α,β-unsaturated/α-hetero) is 1. The molecular formula is C70H55NO17. The lowest BCUT2D eigenvalue weighted by atomic mass is 9.71. The van der Waals surface area contributed by atoms with Crippen LogP contribution >= 0.6 is 0 Å². The molecule has 3 aliphatic carbocycles. The number of rotatable bonds is 16. The van der Waals surface area contributed by atoms with E-state index in [0.717, 1.165) is 22.3 Å². The number of hydrogen-bond donors (Lipinski definition) is 2. The minimum atomic E-state index is -2.65. The molecule has 1 saturated heterocycles. The minimum absolute atomic E-state index is 0.0000201. The first kappa shape index (κ1) is 58.0. The van der Waals surface area contributed by atoms with Gasteiger partial charge in [0.15, 0.2) is 18.7 Å². The second kappa shape index (κ2) is 24.5. The van der Waals surface area contributed by atoms with Crippen molar-refractivity contribution in [1.29, 1.82) is 0 Å². The van der Waals surface area contributed by atoms with Crippen LogP contribution in [0.15, 0.2) is 188 Å². The van der Waals surface area contributed by atoms with Crippen LogP contribution in [0.25, 0.3) is 11.1 Å². The second-order valence-electron chi connectivity index (χ2n) is 21.6. The van der Waals surface area contributed by atoms with Crippen molar-refractivity contribution in [3.8, 4) is 28.4 Å². The summed E-state index contributed by atoms with van der Waals surface area (Å²) >= 11 is 0. The fourth-order valence-corrected chi connectivity index (χ4v) is 12.0. The normalized spacial score (nSPS) is 19.7. The predicted octanol–water partition coefficient (Wildman–Crippen LogP) is 10.3. The molecule has 1 fully saturated rings. The summed E-state index contributed by atoms with van der Waals surface area (Å²) in [6, 6.07) is 50.1. The van der Waals surface area contributed by atoms with Crippen LogP contribution in [0.2, 0.25) is 0 Å². The Hall–Kier alpha value is -10.4. The van der Waals surface area contributed by atoms with E-state index in [1.165, 1.54) is 61.7 Å². The van der Waals surface area contributed by atoms with Gasteiger partial charge >= 0.3 is 30.0 Å². The van der Waals surface area contributed by atoms with Crippen LogP contribution in [-0.4, -0.2) is 103 Å². The molecule has 12 rings (SSSR count). The zero-order valence-electron chi connectivity index (χ0n) is 47.4. The highest BCUT2D eigenvalue weighted by molar-refractivity contribution is 6.32. The Labute approximate surface area is 503 Å². The lowest BCUT2D eigenvalue weighted by Gasteiger charge is -2.44. The van der Waals surface area contributed by atoms with Crippen molar-refractivity contribution in [3.63, 3.8) is 0 Å². The van der Waals surface area contributed by atoms with Crippen molar-refractivity contribution in [3.05, 3.63) is 255 Å². The lowest BCUT2D eigenvalue weighted by Crippen LogP contribution is -2.57. The molecule has 18 nitrogen and oxygen atoms in total. The van der Waals surface area contributed by atoms with Crippen LogP contribution in [0.4, 0.5) is 4.79 Å². The first-order valence-corrected chi connectivity index (χ1v) is 28.4. The van der Waals surface area contributed by atoms with Gasteiger partial charge in [-0.1, -0.05) is 133 Å². The van der Waals surface area contributed by atoms with Gasteiger partial charge in [0.05, 0.1) is 64.3 Å². The Kier molecular flexibility index (Phi) is 16.2. The fraction of sp³-hybridized carbons (Fsp3) is 0.200. The lowest BCUT2D eigenvalue weighted by molar-refractivity contribution is -0.249. The van der Waals surface area contributed by atoms with E-state index < -0.39 is 126 Å². The number of methoxy groups -OCH3 is 1. The number of fused-ring (bicyclic) bond motifs is 6. The van der Waals surface area contributed by atoms with Gasteiger partial charge in [0.2, 0.25) is 11.6 Å². The summed E-state index contributed by atoms with van der Waals surface area (Å²) in [5.74, 6) is -8.08. The molecule has 1 amide bonds. The number of amides is 1. The third kappa shape index (κ3) is 11.2. The summed E-state index contributed by atoms with van der Waals surface area (Å²) in [6.45, 7) is 0.484. The van der Waals surface area contributed by atoms with Gasteiger partial charge in [0, 0.05) is 41.9 Å². The number of ketones is 3. The van der Waals surface area contributed by atoms with Crippen LogP contribution in [-0.2, 0) is 34.9 Å². The van der Waals surface area contributed by atoms with E-state index in [1.54, 1.807) is 91.9 Å². The van der Waals surface area contributed by atoms with Gasteiger partial charge < -0.3 is 48.3 Å². The zero-order chi connectivity index (χ0) is 61.2. The van der Waals surface area contributed by atoms with Gasteiger partial charge in [-0.3, -0.25) is 14.4 Å². The van der Waals surface area contributed by atoms with Crippen LogP contribution in [0.5, 0.6) is 17.2 Å². The fourth-order valence-electron chi connectivity index (χ4n) is 12.0. The number of carbonyl (C=O) groups is 8. The van der Waals surface area contributed by atoms with E-state index in [2.05, 4.69) is 5.32 Å². The van der Waals surface area contributed by atoms with E-state index in [0.29, 0.717) is 0 Å². The summed E-state index contributed by atoms with van der Waals surface area (Å²) in [5.41, 5.74) is -0.464. The summed E-state index contributed by atoms with van der Waals surface area (Å²) in [7, 11) is 1.30. The Morgan fingerprint density at radius 3 is 1.67 bits per heavy atom. The van der Waals surface area contributed by atoms with Gasteiger partial charge in [0.25, 0.3) is 0 Å². The number of nitrogens with one attached hydrogen (secondary N) is 1. The van der Waals surface area contributed by atoms with Crippen LogP contribution in [0.3, 0.4) is 0 Å². The Bertz CT molecular complexity index is 4030. The average molecular weight is 1180 g/mol. The van der Waals surface area contributed by atoms with E-state index in [9.17, 15) is 33.9 Å². The van der Waals surface area contributed by atoms with Crippen molar-refractivity contribution < 1.29 is 81.4 Å². The molecule has 2 unspecified atom stereocenters. The number of aliphatic hydroxyl groups is 1. The molecule has 1 heterocycles. The van der Waals surface area contributed by atoms with Crippen LogP contribution in [0, 0.1) is 0 Å². The summed E-state index contributed by atoms with van der Waals surface area (Å²) < 4.78 is 49.4. The third-order valence-electron chi connectivity index (χ3n) is 16.2. The first-order chi connectivity index (χ1) is 42.7. The molecule has 18 heteroatoms. The highest BCUT2D eigenvalue weighted by atomic mass is 16.7. The number of hydrogen-bond acceptors (Lipinski definition) is 17. The molecule has 0 spiro atoms. The van der Waals surface area contributed by atoms with Gasteiger partial charge in [-0.25, -0.2) is 24.0 Å². The molecular weight excluding hydrogens is 1130 g/mol. The molecule has 0 bridgehead atoms. The highest BCUT2D eigenvalue weighted by Gasteiger charge is 2.53. The Morgan fingerprint density at radius 2 is 1.09 bits per heavy atom. The van der Waals surface area contributed by atoms with E-state index in [4.69, 9.17) is 37.9 Å². The number of benzene rings is 8. The van der Waals surface area contributed by atoms with Gasteiger partial charge in [-0.05, 0) is 83.8 Å². The average Bonchev–Trinajstić information content (AvgIpc) is 0.884. The number of carbonyl (C=O) groups excluding carboxylic acids is 8. The van der Waals surface area contributed by atoms with Crippen LogP contribution < -0.4 is 19.5 Å². The van der Waals surface area contributed by atoms with Crippen molar-refractivity contribution in [2.45, 2.75) is 68.3 Å². The van der Waals surface area contributed by atoms with Crippen molar-refractivity contribution in [2.75, 3.05) is 20.3 Å². The van der Waals surface area contributed by atoms with Gasteiger partial charge in [-0.15, -0.1) is 0 Å². The smallest absolute Gasteiger partial charge is 0.407 e. The maximum absolute atomic E-state index is 15.6. The summed E-state index contributed by atoms with van der Waals surface area (Å²) in [6.07, 6.45) is -8.39. The molecule has 8 aromatic rings. The van der Waals surface area contributed by atoms with Crippen molar-refractivity contribution in [1.82, 2.24) is 5.32 Å². The molecule has 0 saturated carbocycles. The Balaban J connectivity index is 0.978.